The Morgan fingerprint density at radius 3 is 2.48 bits per heavy atom. The van der Waals surface area contributed by atoms with E-state index in [2.05, 4.69) is 0 Å². The Hall–Kier alpha value is -0.790. The molecule has 0 aromatic rings. The summed E-state index contributed by atoms with van der Waals surface area (Å²) < 4.78 is 11.4. The number of rotatable bonds is 1. The zero-order valence-electron chi connectivity index (χ0n) is 12.7. The Balaban J connectivity index is 2.15. The second-order valence-electron chi connectivity index (χ2n) is 6.96. The Kier molecular flexibility index (Phi) is 2.98. The van der Waals surface area contributed by atoms with Crippen LogP contribution in [0, 0.1) is 5.41 Å². The Labute approximate surface area is 123 Å². The van der Waals surface area contributed by atoms with Crippen molar-refractivity contribution in [2.45, 2.75) is 63.3 Å². The fourth-order valence-electron chi connectivity index (χ4n) is 3.92. The van der Waals surface area contributed by atoms with E-state index in [0.29, 0.717) is 12.2 Å². The van der Waals surface area contributed by atoms with Gasteiger partial charge in [-0.05, 0) is 25.5 Å². The standard InChI is InChI=1S/C15H22O6/c1-7-5-9-15(19,11(18)10(7)17)13(3,4)14(6-20-14)12(21-9)8(2)16/h5,8-9,11-12,16,18-19H,6H2,1-4H3/t8-,9-,11-,12-,14+,15?/m1/s1. The maximum absolute atomic E-state index is 12.1. The predicted molar refractivity (Wildman–Crippen MR) is 72.5 cm³/mol. The van der Waals surface area contributed by atoms with E-state index in [9.17, 15) is 20.1 Å². The maximum atomic E-state index is 12.1. The van der Waals surface area contributed by atoms with Crippen LogP contribution in [0.2, 0.25) is 0 Å². The number of ether oxygens (including phenoxy) is 2. The van der Waals surface area contributed by atoms with Crippen molar-refractivity contribution in [2.75, 3.05) is 6.61 Å². The van der Waals surface area contributed by atoms with Crippen LogP contribution in [0.3, 0.4) is 0 Å². The SMILES string of the molecule is CC1=C[C@H]2O[C@H]([C@@H](C)O)[C@@]3(CO3)C(C)(C)C2(O)[C@H](O)C1=O. The first-order valence-corrected chi connectivity index (χ1v) is 7.20. The quantitative estimate of drug-likeness (QED) is 0.567. The molecule has 0 radical (unpaired) electrons. The van der Waals surface area contributed by atoms with Gasteiger partial charge in [-0.3, -0.25) is 4.79 Å². The third-order valence-electron chi connectivity index (χ3n) is 5.59. The van der Waals surface area contributed by atoms with Gasteiger partial charge in [0.05, 0.1) is 12.7 Å². The molecule has 118 valence electrons. The smallest absolute Gasteiger partial charge is 0.189 e. The molecule has 1 aliphatic carbocycles. The van der Waals surface area contributed by atoms with E-state index < -0.39 is 46.8 Å². The van der Waals surface area contributed by atoms with Crippen LogP contribution in [-0.2, 0) is 14.3 Å². The molecule has 0 saturated carbocycles. The van der Waals surface area contributed by atoms with Crippen LogP contribution in [-0.4, -0.2) is 63.3 Å². The summed E-state index contributed by atoms with van der Waals surface area (Å²) in [6, 6.07) is 0. The van der Waals surface area contributed by atoms with E-state index in [0.717, 1.165) is 0 Å². The monoisotopic (exact) mass is 298 g/mol. The number of fused-ring (bicyclic) bond motifs is 1. The van der Waals surface area contributed by atoms with Crippen molar-refractivity contribution in [3.8, 4) is 0 Å². The van der Waals surface area contributed by atoms with Crippen LogP contribution in [0.15, 0.2) is 11.6 Å². The molecule has 6 heteroatoms. The lowest BCUT2D eigenvalue weighted by molar-refractivity contribution is -0.294. The molecule has 6 nitrogen and oxygen atoms in total. The molecule has 2 saturated heterocycles. The fraction of sp³-hybridized carbons (Fsp3) is 0.800. The van der Waals surface area contributed by atoms with E-state index in [1.807, 2.05) is 0 Å². The predicted octanol–water partition coefficient (Wildman–Crippen LogP) is -0.449. The molecule has 6 atom stereocenters. The van der Waals surface area contributed by atoms with E-state index in [4.69, 9.17) is 9.47 Å². The molecular formula is C15H22O6. The first-order valence-electron chi connectivity index (χ1n) is 7.20. The van der Waals surface area contributed by atoms with Gasteiger partial charge in [0.15, 0.2) is 5.78 Å². The van der Waals surface area contributed by atoms with E-state index in [1.54, 1.807) is 27.7 Å². The molecule has 2 fully saturated rings. The number of ketones is 1. The first kappa shape index (κ1) is 15.1. The van der Waals surface area contributed by atoms with Crippen molar-refractivity contribution in [1.82, 2.24) is 0 Å². The Morgan fingerprint density at radius 1 is 1.43 bits per heavy atom. The molecule has 3 rings (SSSR count). The molecule has 0 amide bonds. The molecule has 1 unspecified atom stereocenters. The molecule has 2 heterocycles. The average Bonchev–Trinajstić information content (AvgIpc) is 3.18. The van der Waals surface area contributed by atoms with Crippen LogP contribution < -0.4 is 0 Å². The van der Waals surface area contributed by atoms with Crippen molar-refractivity contribution in [1.29, 1.82) is 0 Å². The van der Waals surface area contributed by atoms with Crippen LogP contribution >= 0.6 is 0 Å². The van der Waals surface area contributed by atoms with Gasteiger partial charge in [-0.25, -0.2) is 0 Å². The van der Waals surface area contributed by atoms with E-state index in [1.165, 1.54) is 6.08 Å². The number of aliphatic hydroxyl groups excluding tert-OH is 2. The second-order valence-corrected chi connectivity index (χ2v) is 6.96. The lowest BCUT2D eigenvalue weighted by Crippen LogP contribution is -2.76. The zero-order valence-corrected chi connectivity index (χ0v) is 12.7. The van der Waals surface area contributed by atoms with Gasteiger partial charge in [0, 0.05) is 5.41 Å². The van der Waals surface area contributed by atoms with Crippen LogP contribution in [0.1, 0.15) is 27.7 Å². The minimum Gasteiger partial charge on any atom is -0.391 e. The number of hydrogen-bond acceptors (Lipinski definition) is 6. The summed E-state index contributed by atoms with van der Waals surface area (Å²) in [6.07, 6.45) is -2.32. The molecule has 1 spiro atoms. The highest BCUT2D eigenvalue weighted by Gasteiger charge is 2.77. The fourth-order valence-corrected chi connectivity index (χ4v) is 3.92. The third-order valence-corrected chi connectivity index (χ3v) is 5.59. The lowest BCUT2D eigenvalue weighted by Gasteiger charge is -2.59. The van der Waals surface area contributed by atoms with Gasteiger partial charge in [-0.2, -0.15) is 0 Å². The number of carbonyl (C=O) groups excluding carboxylic acids is 1. The van der Waals surface area contributed by atoms with E-state index in [-0.39, 0.29) is 0 Å². The zero-order chi connectivity index (χ0) is 15.8. The van der Waals surface area contributed by atoms with Crippen LogP contribution in [0.25, 0.3) is 0 Å². The van der Waals surface area contributed by atoms with Gasteiger partial charge in [0.25, 0.3) is 0 Å². The van der Waals surface area contributed by atoms with Crippen molar-refractivity contribution < 1.29 is 29.6 Å². The van der Waals surface area contributed by atoms with Crippen molar-refractivity contribution >= 4 is 5.78 Å². The molecule has 0 aromatic carbocycles. The highest BCUT2D eigenvalue weighted by molar-refractivity contribution is 6.00. The number of carbonyl (C=O) groups is 1. The lowest BCUT2D eigenvalue weighted by atomic mass is 9.55. The van der Waals surface area contributed by atoms with Gasteiger partial charge in [-0.1, -0.05) is 13.8 Å². The number of Topliss-reactive ketones (excluding diaryl/α,β-unsaturated/α-hetero) is 1. The Bertz CT molecular complexity index is 518. The molecule has 2 aliphatic heterocycles. The molecule has 21 heavy (non-hydrogen) atoms. The summed E-state index contributed by atoms with van der Waals surface area (Å²) in [4.78, 5) is 12.1. The molecule has 3 aliphatic rings. The minimum atomic E-state index is -1.79. The van der Waals surface area contributed by atoms with Crippen molar-refractivity contribution in [3.05, 3.63) is 11.6 Å². The minimum absolute atomic E-state index is 0.314. The van der Waals surface area contributed by atoms with Gasteiger partial charge >= 0.3 is 0 Å². The summed E-state index contributed by atoms with van der Waals surface area (Å²) in [7, 11) is 0. The summed E-state index contributed by atoms with van der Waals surface area (Å²) in [5.41, 5.74) is -3.29. The summed E-state index contributed by atoms with van der Waals surface area (Å²) in [6.45, 7) is 6.99. The third kappa shape index (κ3) is 1.57. The van der Waals surface area contributed by atoms with Gasteiger partial charge < -0.3 is 24.8 Å². The molecule has 0 bridgehead atoms. The Morgan fingerprint density at radius 2 is 2.00 bits per heavy atom. The van der Waals surface area contributed by atoms with Gasteiger partial charge in [0.2, 0.25) is 0 Å². The first-order chi connectivity index (χ1) is 9.59. The van der Waals surface area contributed by atoms with E-state index >= 15 is 0 Å². The van der Waals surface area contributed by atoms with Crippen LogP contribution in [0.4, 0.5) is 0 Å². The largest absolute Gasteiger partial charge is 0.391 e. The second kappa shape index (κ2) is 4.14. The number of aliphatic hydroxyl groups is 3. The summed E-state index contributed by atoms with van der Waals surface area (Å²) in [5, 5.41) is 31.5. The summed E-state index contributed by atoms with van der Waals surface area (Å²) >= 11 is 0. The molecule has 3 N–H and O–H groups in total. The highest BCUT2D eigenvalue weighted by atomic mass is 16.6. The van der Waals surface area contributed by atoms with Crippen molar-refractivity contribution in [2.24, 2.45) is 5.41 Å². The molecule has 0 aromatic heterocycles. The molecular weight excluding hydrogens is 276 g/mol. The number of hydrogen-bond donors (Lipinski definition) is 3. The number of epoxide rings is 1. The van der Waals surface area contributed by atoms with Crippen molar-refractivity contribution in [3.63, 3.8) is 0 Å². The highest BCUT2D eigenvalue weighted by Crippen LogP contribution is 2.61. The topological polar surface area (TPSA) is 99.5 Å². The van der Waals surface area contributed by atoms with Gasteiger partial charge in [-0.15, -0.1) is 0 Å². The average molecular weight is 298 g/mol. The maximum Gasteiger partial charge on any atom is 0.189 e. The van der Waals surface area contributed by atoms with Gasteiger partial charge in [0.1, 0.15) is 29.5 Å². The van der Waals surface area contributed by atoms with Crippen LogP contribution in [0.5, 0.6) is 0 Å². The summed E-state index contributed by atoms with van der Waals surface area (Å²) in [5.74, 6) is -0.503. The normalized spacial score (nSPS) is 49.6.